The van der Waals surface area contributed by atoms with Gasteiger partial charge in [-0.25, -0.2) is 13.4 Å². The quantitative estimate of drug-likeness (QED) is 0.535. The molecule has 10 heteroatoms. The van der Waals surface area contributed by atoms with Crippen molar-refractivity contribution in [2.75, 3.05) is 24.4 Å². The Balaban J connectivity index is 2.06. The van der Waals surface area contributed by atoms with Gasteiger partial charge in [0.1, 0.15) is 6.61 Å². The van der Waals surface area contributed by atoms with Crippen molar-refractivity contribution in [3.63, 3.8) is 0 Å². The van der Waals surface area contributed by atoms with Crippen LogP contribution in [0, 0.1) is 6.92 Å². The number of ether oxygens (including phenoxy) is 1. The summed E-state index contributed by atoms with van der Waals surface area (Å²) in [5.41, 5.74) is 0.674. The van der Waals surface area contributed by atoms with E-state index in [1.165, 1.54) is 18.2 Å². The molecule has 0 aliphatic carbocycles. The van der Waals surface area contributed by atoms with Gasteiger partial charge in [-0.15, -0.1) is 0 Å². The van der Waals surface area contributed by atoms with Crippen LogP contribution < -0.4 is 14.8 Å². The van der Waals surface area contributed by atoms with E-state index in [0.29, 0.717) is 24.7 Å². The van der Waals surface area contributed by atoms with Gasteiger partial charge in [0.2, 0.25) is 5.88 Å². The molecule has 1 aromatic carbocycles. The lowest BCUT2D eigenvalue weighted by Crippen LogP contribution is -2.22. The van der Waals surface area contributed by atoms with Crippen LogP contribution in [0.3, 0.4) is 0 Å². The van der Waals surface area contributed by atoms with Gasteiger partial charge in [-0.1, -0.05) is 19.1 Å². The summed E-state index contributed by atoms with van der Waals surface area (Å²) in [5, 5.41) is 3.19. The molecule has 0 saturated carbocycles. The summed E-state index contributed by atoms with van der Waals surface area (Å²) in [4.78, 5) is 4.09. The third kappa shape index (κ3) is 6.60. The van der Waals surface area contributed by atoms with Gasteiger partial charge in [0.05, 0.1) is 22.2 Å². The van der Waals surface area contributed by atoms with Crippen molar-refractivity contribution in [2.24, 2.45) is 0 Å². The molecule has 1 heterocycles. The van der Waals surface area contributed by atoms with Crippen molar-refractivity contribution in [2.45, 2.75) is 44.2 Å². The van der Waals surface area contributed by atoms with E-state index in [0.717, 1.165) is 32.0 Å². The van der Waals surface area contributed by atoms with Crippen molar-refractivity contribution in [3.8, 4) is 5.88 Å². The standard InChI is InChI=1S/C20H26F3N3O3S/c1-4-11-24-12-13-29-19-10-9-18(15(3)25-19)26-30(27,28)17-7-5-16(6-8-17)14(2)20(21,22)23/h5-10,14,24,26H,4,11-13H2,1-3H3/t14-/m1/s1. The molecule has 30 heavy (non-hydrogen) atoms. The maximum atomic E-state index is 12.8. The Labute approximate surface area is 174 Å². The molecule has 0 radical (unpaired) electrons. The number of alkyl halides is 3. The lowest BCUT2D eigenvalue weighted by Gasteiger charge is -2.16. The Morgan fingerprint density at radius 3 is 2.33 bits per heavy atom. The summed E-state index contributed by atoms with van der Waals surface area (Å²) in [7, 11) is -3.98. The van der Waals surface area contributed by atoms with E-state index in [1.54, 1.807) is 13.0 Å². The fourth-order valence-corrected chi connectivity index (χ4v) is 3.70. The van der Waals surface area contributed by atoms with Gasteiger partial charge >= 0.3 is 6.18 Å². The Kier molecular flexibility index (Phi) is 8.08. The molecular weight excluding hydrogens is 419 g/mol. The number of aromatic nitrogens is 1. The summed E-state index contributed by atoms with van der Waals surface area (Å²) in [6, 6.07) is 7.74. The van der Waals surface area contributed by atoms with Gasteiger partial charge in [-0.05, 0) is 50.6 Å². The first kappa shape index (κ1) is 23.9. The molecule has 2 aromatic rings. The predicted molar refractivity (Wildman–Crippen MR) is 109 cm³/mol. The van der Waals surface area contributed by atoms with Gasteiger partial charge in [0.15, 0.2) is 0 Å². The summed E-state index contributed by atoms with van der Waals surface area (Å²) >= 11 is 0. The zero-order chi connectivity index (χ0) is 22.4. The molecule has 0 bridgehead atoms. The number of aryl methyl sites for hydroxylation is 1. The Bertz CT molecular complexity index is 933. The molecule has 0 saturated heterocycles. The first-order valence-corrected chi connectivity index (χ1v) is 11.0. The third-order valence-electron chi connectivity index (χ3n) is 4.44. The van der Waals surface area contributed by atoms with Gasteiger partial charge < -0.3 is 10.1 Å². The highest BCUT2D eigenvalue weighted by molar-refractivity contribution is 7.92. The summed E-state index contributed by atoms with van der Waals surface area (Å²) in [6.45, 7) is 6.73. The van der Waals surface area contributed by atoms with Crippen LogP contribution in [0.15, 0.2) is 41.3 Å². The van der Waals surface area contributed by atoms with Crippen LogP contribution in [-0.2, 0) is 10.0 Å². The zero-order valence-electron chi connectivity index (χ0n) is 17.1. The average Bonchev–Trinajstić information content (AvgIpc) is 2.68. The molecule has 0 aliphatic rings. The van der Waals surface area contributed by atoms with Crippen molar-refractivity contribution in [1.29, 1.82) is 0 Å². The summed E-state index contributed by atoms with van der Waals surface area (Å²) < 4.78 is 71.6. The Morgan fingerprint density at radius 1 is 1.10 bits per heavy atom. The fourth-order valence-electron chi connectivity index (χ4n) is 2.58. The highest BCUT2D eigenvalue weighted by Crippen LogP contribution is 2.34. The average molecular weight is 446 g/mol. The molecular formula is C20H26F3N3O3S. The molecule has 0 amide bonds. The van der Waals surface area contributed by atoms with E-state index in [1.807, 2.05) is 0 Å². The number of hydrogen-bond donors (Lipinski definition) is 2. The Morgan fingerprint density at radius 2 is 1.77 bits per heavy atom. The van der Waals surface area contributed by atoms with Crippen LogP contribution in [-0.4, -0.2) is 39.3 Å². The first-order valence-electron chi connectivity index (χ1n) is 9.55. The van der Waals surface area contributed by atoms with Crippen molar-refractivity contribution in [3.05, 3.63) is 47.7 Å². The lowest BCUT2D eigenvalue weighted by atomic mass is 10.0. The van der Waals surface area contributed by atoms with Crippen LogP contribution in [0.4, 0.5) is 18.9 Å². The van der Waals surface area contributed by atoms with Crippen molar-refractivity contribution in [1.82, 2.24) is 10.3 Å². The van der Waals surface area contributed by atoms with E-state index in [9.17, 15) is 21.6 Å². The van der Waals surface area contributed by atoms with Crippen LogP contribution in [0.2, 0.25) is 0 Å². The zero-order valence-corrected chi connectivity index (χ0v) is 17.9. The van der Waals surface area contributed by atoms with E-state index in [-0.39, 0.29) is 16.1 Å². The van der Waals surface area contributed by atoms with Gasteiger partial charge in [0, 0.05) is 12.6 Å². The molecule has 1 aromatic heterocycles. The molecule has 6 nitrogen and oxygen atoms in total. The van der Waals surface area contributed by atoms with E-state index in [4.69, 9.17) is 4.74 Å². The minimum absolute atomic E-state index is 0.00535. The molecule has 2 N–H and O–H groups in total. The Hall–Kier alpha value is -2.33. The van der Waals surface area contributed by atoms with Gasteiger partial charge in [-0.3, -0.25) is 4.72 Å². The maximum Gasteiger partial charge on any atom is 0.395 e. The highest BCUT2D eigenvalue weighted by Gasteiger charge is 2.37. The molecule has 0 fully saturated rings. The maximum absolute atomic E-state index is 12.8. The normalized spacial score (nSPS) is 13.1. The second-order valence-corrected chi connectivity index (χ2v) is 8.50. The van der Waals surface area contributed by atoms with E-state index < -0.39 is 22.1 Å². The SMILES string of the molecule is CCCNCCOc1ccc(NS(=O)(=O)c2ccc([C@@H](C)C(F)(F)F)cc2)c(C)n1. The minimum atomic E-state index is -4.39. The fraction of sp³-hybridized carbons (Fsp3) is 0.450. The second kappa shape index (κ2) is 10.1. The van der Waals surface area contributed by atoms with Crippen LogP contribution in [0.25, 0.3) is 0 Å². The summed E-state index contributed by atoms with van der Waals surface area (Å²) in [6.07, 6.45) is -3.37. The first-order chi connectivity index (χ1) is 14.0. The minimum Gasteiger partial charge on any atom is -0.476 e. The molecule has 2 rings (SSSR count). The smallest absolute Gasteiger partial charge is 0.395 e. The van der Waals surface area contributed by atoms with Crippen LogP contribution in [0.1, 0.15) is 37.4 Å². The van der Waals surface area contributed by atoms with Crippen LogP contribution >= 0.6 is 0 Å². The second-order valence-electron chi connectivity index (χ2n) is 6.82. The number of hydrogen-bond acceptors (Lipinski definition) is 5. The number of benzene rings is 1. The van der Waals surface area contributed by atoms with Crippen molar-refractivity contribution < 1.29 is 26.3 Å². The molecule has 0 unspecified atom stereocenters. The largest absolute Gasteiger partial charge is 0.476 e. The van der Waals surface area contributed by atoms with Crippen molar-refractivity contribution >= 4 is 15.7 Å². The topological polar surface area (TPSA) is 80.3 Å². The van der Waals surface area contributed by atoms with Crippen LogP contribution in [0.5, 0.6) is 5.88 Å². The highest BCUT2D eigenvalue weighted by atomic mass is 32.2. The number of nitrogens with zero attached hydrogens (tertiary/aromatic N) is 1. The predicted octanol–water partition coefficient (Wildman–Crippen LogP) is 4.24. The third-order valence-corrected chi connectivity index (χ3v) is 5.82. The molecule has 1 atom stereocenters. The monoisotopic (exact) mass is 445 g/mol. The number of sulfonamides is 1. The van der Waals surface area contributed by atoms with E-state index in [2.05, 4.69) is 21.9 Å². The molecule has 0 spiro atoms. The lowest BCUT2D eigenvalue weighted by molar-refractivity contribution is -0.146. The number of rotatable bonds is 10. The number of halogens is 3. The number of anilines is 1. The number of nitrogens with one attached hydrogen (secondary N) is 2. The van der Waals surface area contributed by atoms with Gasteiger partial charge in [0.25, 0.3) is 10.0 Å². The molecule has 166 valence electrons. The van der Waals surface area contributed by atoms with Gasteiger partial charge in [-0.2, -0.15) is 13.2 Å². The van der Waals surface area contributed by atoms with E-state index >= 15 is 0 Å². The number of pyridine rings is 1. The molecule has 0 aliphatic heterocycles. The summed E-state index contributed by atoms with van der Waals surface area (Å²) in [5.74, 6) is -1.31.